The SMILES string of the molecule is COCCCN(C(=O)COc1ccccc1[N+](=O)[O-])c1nc(-c2ccccc2)cs1. The van der Waals surface area contributed by atoms with Crippen LogP contribution in [0.2, 0.25) is 0 Å². The van der Waals surface area contributed by atoms with Gasteiger partial charge in [0.2, 0.25) is 0 Å². The number of nitrogens with zero attached hydrogens (tertiary/aromatic N) is 3. The lowest BCUT2D eigenvalue weighted by atomic mass is 10.2. The number of nitro groups is 1. The molecule has 0 fully saturated rings. The summed E-state index contributed by atoms with van der Waals surface area (Å²) in [5, 5.41) is 13.6. The average Bonchev–Trinajstić information content (AvgIpc) is 3.25. The van der Waals surface area contributed by atoms with Crippen LogP contribution < -0.4 is 9.64 Å². The van der Waals surface area contributed by atoms with Gasteiger partial charge in [-0.15, -0.1) is 11.3 Å². The van der Waals surface area contributed by atoms with Gasteiger partial charge in [0.25, 0.3) is 5.91 Å². The first kappa shape index (κ1) is 21.4. The molecule has 1 aromatic heterocycles. The van der Waals surface area contributed by atoms with Crippen LogP contribution in [0.25, 0.3) is 11.3 Å². The number of ether oxygens (including phenoxy) is 2. The Labute approximate surface area is 177 Å². The first-order valence-electron chi connectivity index (χ1n) is 9.26. The molecule has 0 radical (unpaired) electrons. The summed E-state index contributed by atoms with van der Waals surface area (Å²) in [7, 11) is 1.60. The second-order valence-electron chi connectivity index (χ2n) is 6.29. The van der Waals surface area contributed by atoms with Crippen LogP contribution in [-0.2, 0) is 9.53 Å². The Hall–Kier alpha value is -3.30. The van der Waals surface area contributed by atoms with Gasteiger partial charge in [0.15, 0.2) is 17.5 Å². The molecule has 0 saturated carbocycles. The fourth-order valence-electron chi connectivity index (χ4n) is 2.77. The lowest BCUT2D eigenvalue weighted by Gasteiger charge is -2.20. The van der Waals surface area contributed by atoms with Gasteiger partial charge in [0.1, 0.15) is 0 Å². The molecule has 1 amide bonds. The minimum atomic E-state index is -0.539. The number of nitro benzene ring substituents is 1. The lowest BCUT2D eigenvalue weighted by Crippen LogP contribution is -2.36. The number of anilines is 1. The summed E-state index contributed by atoms with van der Waals surface area (Å²) in [6.07, 6.45) is 0.619. The molecular formula is C21H21N3O5S. The molecule has 0 N–H and O–H groups in total. The van der Waals surface area contributed by atoms with Crippen molar-refractivity contribution in [2.24, 2.45) is 0 Å². The Balaban J connectivity index is 1.76. The minimum absolute atomic E-state index is 0.0526. The summed E-state index contributed by atoms with van der Waals surface area (Å²) in [5.41, 5.74) is 1.55. The Morgan fingerprint density at radius 3 is 2.63 bits per heavy atom. The van der Waals surface area contributed by atoms with E-state index < -0.39 is 4.92 Å². The molecule has 0 aliphatic carbocycles. The van der Waals surface area contributed by atoms with Crippen molar-refractivity contribution in [3.05, 3.63) is 70.1 Å². The number of carbonyl (C=O) groups excluding carboxylic acids is 1. The van der Waals surface area contributed by atoms with Crippen LogP contribution in [0.5, 0.6) is 5.75 Å². The number of hydrogen-bond acceptors (Lipinski definition) is 7. The van der Waals surface area contributed by atoms with Crippen molar-refractivity contribution < 1.29 is 19.2 Å². The quantitative estimate of drug-likeness (QED) is 0.274. The highest BCUT2D eigenvalue weighted by molar-refractivity contribution is 7.14. The van der Waals surface area contributed by atoms with E-state index in [1.165, 1.54) is 28.4 Å². The standard InChI is InChI=1S/C21H21N3O5S/c1-28-13-7-12-23(21-22-17(15-30-21)16-8-3-2-4-9-16)20(25)14-29-19-11-6-5-10-18(19)24(26)27/h2-6,8-11,15H,7,12-14H2,1H3. The van der Waals surface area contributed by atoms with E-state index >= 15 is 0 Å². The second-order valence-corrected chi connectivity index (χ2v) is 7.12. The number of thiazole rings is 1. The molecule has 0 bridgehead atoms. The maximum atomic E-state index is 12.9. The minimum Gasteiger partial charge on any atom is -0.477 e. The van der Waals surface area contributed by atoms with E-state index in [-0.39, 0.29) is 24.0 Å². The van der Waals surface area contributed by atoms with Crippen molar-refractivity contribution >= 4 is 28.1 Å². The first-order valence-corrected chi connectivity index (χ1v) is 10.1. The highest BCUT2D eigenvalue weighted by Gasteiger charge is 2.22. The third kappa shape index (κ3) is 5.40. The molecule has 0 aliphatic rings. The Morgan fingerprint density at radius 1 is 1.17 bits per heavy atom. The highest BCUT2D eigenvalue weighted by Crippen LogP contribution is 2.29. The molecule has 0 unspecified atom stereocenters. The molecule has 1 heterocycles. The Bertz CT molecular complexity index is 993. The summed E-state index contributed by atoms with van der Waals surface area (Å²) in [5.74, 6) is -0.282. The summed E-state index contributed by atoms with van der Waals surface area (Å²) in [6.45, 7) is 0.554. The molecule has 0 spiro atoms. The zero-order valence-corrected chi connectivity index (χ0v) is 17.2. The number of carbonyl (C=O) groups is 1. The number of rotatable bonds is 10. The van der Waals surface area contributed by atoms with E-state index in [9.17, 15) is 14.9 Å². The lowest BCUT2D eigenvalue weighted by molar-refractivity contribution is -0.385. The van der Waals surface area contributed by atoms with Gasteiger partial charge in [-0.1, -0.05) is 42.5 Å². The summed E-state index contributed by atoms with van der Waals surface area (Å²) >= 11 is 1.36. The van der Waals surface area contributed by atoms with E-state index in [4.69, 9.17) is 9.47 Å². The zero-order valence-electron chi connectivity index (χ0n) is 16.4. The van der Waals surface area contributed by atoms with Gasteiger partial charge in [0.05, 0.1) is 10.6 Å². The molecule has 0 aliphatic heterocycles. The number of amides is 1. The van der Waals surface area contributed by atoms with E-state index in [2.05, 4.69) is 4.98 Å². The van der Waals surface area contributed by atoms with Crippen molar-refractivity contribution in [3.8, 4) is 17.0 Å². The summed E-state index contributed by atoms with van der Waals surface area (Å²) < 4.78 is 10.6. The molecular weight excluding hydrogens is 406 g/mol. The van der Waals surface area contributed by atoms with Crippen molar-refractivity contribution in [3.63, 3.8) is 0 Å². The first-order chi connectivity index (χ1) is 14.6. The second kappa shape index (κ2) is 10.5. The number of para-hydroxylation sites is 2. The molecule has 0 atom stereocenters. The monoisotopic (exact) mass is 427 g/mol. The molecule has 3 aromatic rings. The van der Waals surface area contributed by atoms with Gasteiger partial charge >= 0.3 is 5.69 Å². The van der Waals surface area contributed by atoms with Crippen LogP contribution in [-0.4, -0.2) is 42.7 Å². The molecule has 2 aromatic carbocycles. The number of benzene rings is 2. The summed E-state index contributed by atoms with van der Waals surface area (Å²) in [4.78, 5) is 29.6. The van der Waals surface area contributed by atoms with Crippen molar-refractivity contribution in [2.75, 3.05) is 31.8 Å². The van der Waals surface area contributed by atoms with E-state index in [0.29, 0.717) is 24.7 Å². The van der Waals surface area contributed by atoms with Crippen molar-refractivity contribution in [1.29, 1.82) is 0 Å². The molecule has 30 heavy (non-hydrogen) atoms. The Morgan fingerprint density at radius 2 is 1.90 bits per heavy atom. The third-order valence-electron chi connectivity index (χ3n) is 4.24. The number of methoxy groups -OCH3 is 1. The maximum Gasteiger partial charge on any atom is 0.310 e. The van der Waals surface area contributed by atoms with Crippen LogP contribution in [0.1, 0.15) is 6.42 Å². The van der Waals surface area contributed by atoms with Gasteiger partial charge in [-0.05, 0) is 12.5 Å². The molecule has 9 heteroatoms. The van der Waals surface area contributed by atoms with Gasteiger partial charge < -0.3 is 9.47 Å². The molecule has 8 nitrogen and oxygen atoms in total. The van der Waals surface area contributed by atoms with Crippen LogP contribution in [0, 0.1) is 10.1 Å². The van der Waals surface area contributed by atoms with Crippen LogP contribution >= 0.6 is 11.3 Å². The largest absolute Gasteiger partial charge is 0.477 e. The average molecular weight is 427 g/mol. The van der Waals surface area contributed by atoms with Gasteiger partial charge in [-0.3, -0.25) is 19.8 Å². The van der Waals surface area contributed by atoms with E-state index in [0.717, 1.165) is 11.3 Å². The predicted octanol–water partition coefficient (Wildman–Crippen LogP) is 4.17. The van der Waals surface area contributed by atoms with Gasteiger partial charge in [0, 0.05) is 37.3 Å². The van der Waals surface area contributed by atoms with Crippen LogP contribution in [0.15, 0.2) is 60.0 Å². The number of hydrogen-bond donors (Lipinski definition) is 0. The molecule has 0 saturated heterocycles. The van der Waals surface area contributed by atoms with E-state index in [1.54, 1.807) is 19.2 Å². The highest BCUT2D eigenvalue weighted by atomic mass is 32.1. The smallest absolute Gasteiger partial charge is 0.310 e. The van der Waals surface area contributed by atoms with Crippen LogP contribution in [0.3, 0.4) is 0 Å². The van der Waals surface area contributed by atoms with Gasteiger partial charge in [-0.25, -0.2) is 4.98 Å². The van der Waals surface area contributed by atoms with Crippen molar-refractivity contribution in [1.82, 2.24) is 4.98 Å². The fraction of sp³-hybridized carbons (Fsp3) is 0.238. The normalized spacial score (nSPS) is 10.6. The maximum absolute atomic E-state index is 12.9. The zero-order chi connectivity index (χ0) is 21.3. The fourth-order valence-corrected chi connectivity index (χ4v) is 3.65. The van der Waals surface area contributed by atoms with Crippen LogP contribution in [0.4, 0.5) is 10.8 Å². The summed E-state index contributed by atoms with van der Waals surface area (Å²) in [6, 6.07) is 15.7. The predicted molar refractivity (Wildman–Crippen MR) is 115 cm³/mol. The third-order valence-corrected chi connectivity index (χ3v) is 5.10. The topological polar surface area (TPSA) is 94.8 Å². The Kier molecular flexibility index (Phi) is 7.47. The van der Waals surface area contributed by atoms with Gasteiger partial charge in [-0.2, -0.15) is 0 Å². The van der Waals surface area contributed by atoms with Crippen molar-refractivity contribution in [2.45, 2.75) is 6.42 Å². The number of aromatic nitrogens is 1. The molecule has 3 rings (SSSR count). The van der Waals surface area contributed by atoms with E-state index in [1.807, 2.05) is 35.7 Å². The molecule has 156 valence electrons.